The quantitative estimate of drug-likeness (QED) is 0.719. The Hall–Kier alpha value is -1.82. The zero-order valence-corrected chi connectivity index (χ0v) is 12.7. The minimum absolute atomic E-state index is 0.390. The number of tetrazole rings is 1. The molecule has 0 amide bonds. The second-order valence-corrected chi connectivity index (χ2v) is 5.50. The summed E-state index contributed by atoms with van der Waals surface area (Å²) in [6.45, 7) is 0. The summed E-state index contributed by atoms with van der Waals surface area (Å²) < 4.78 is 1.50. The van der Waals surface area contributed by atoms with Crippen LogP contribution in [-0.2, 0) is 0 Å². The molecular weight excluding hydrogens is 333 g/mol. The lowest BCUT2D eigenvalue weighted by atomic mass is 10.2. The first-order valence-electron chi connectivity index (χ1n) is 5.85. The predicted octanol–water partition coefficient (Wildman–Crippen LogP) is 3.87. The molecule has 1 heterocycles. The van der Waals surface area contributed by atoms with Crippen LogP contribution in [0.2, 0.25) is 15.1 Å². The minimum atomic E-state index is 0.390. The predicted molar refractivity (Wildman–Crippen MR) is 84.0 cm³/mol. The van der Waals surface area contributed by atoms with Gasteiger partial charge in [0.15, 0.2) is 5.82 Å². The third-order valence-corrected chi connectivity index (χ3v) is 3.69. The van der Waals surface area contributed by atoms with E-state index in [1.165, 1.54) is 4.68 Å². The fourth-order valence-electron chi connectivity index (χ4n) is 1.91. The number of aromatic nitrogens is 4. The van der Waals surface area contributed by atoms with Gasteiger partial charge in [0.2, 0.25) is 0 Å². The number of halogens is 3. The Morgan fingerprint density at radius 3 is 2.43 bits per heavy atom. The summed E-state index contributed by atoms with van der Waals surface area (Å²) in [5, 5.41) is 13.0. The zero-order valence-electron chi connectivity index (χ0n) is 10.5. The first kappa shape index (κ1) is 14.1. The molecule has 2 N–H and O–H groups in total. The number of benzene rings is 2. The second kappa shape index (κ2) is 5.52. The van der Waals surface area contributed by atoms with E-state index in [1.807, 2.05) is 0 Å². The van der Waals surface area contributed by atoms with Crippen LogP contribution in [0, 0.1) is 0 Å². The molecule has 8 heteroatoms. The summed E-state index contributed by atoms with van der Waals surface area (Å²) in [7, 11) is 0. The highest BCUT2D eigenvalue weighted by Crippen LogP contribution is 2.32. The van der Waals surface area contributed by atoms with Crippen LogP contribution in [0.15, 0.2) is 36.4 Å². The van der Waals surface area contributed by atoms with Gasteiger partial charge in [-0.3, -0.25) is 0 Å². The normalized spacial score (nSPS) is 10.8. The lowest BCUT2D eigenvalue weighted by molar-refractivity contribution is 0.791. The van der Waals surface area contributed by atoms with Gasteiger partial charge in [-0.1, -0.05) is 40.9 Å². The molecule has 0 spiro atoms. The number of rotatable bonds is 2. The molecular formula is C13H8Cl3N5. The molecule has 21 heavy (non-hydrogen) atoms. The van der Waals surface area contributed by atoms with E-state index < -0.39 is 0 Å². The molecule has 3 rings (SSSR count). The number of hydrogen-bond donors (Lipinski definition) is 1. The van der Waals surface area contributed by atoms with Gasteiger partial charge < -0.3 is 5.73 Å². The van der Waals surface area contributed by atoms with Crippen LogP contribution in [0.5, 0.6) is 0 Å². The van der Waals surface area contributed by atoms with E-state index in [0.29, 0.717) is 37.8 Å². The standard InChI is InChI=1S/C13H8Cl3N5/c14-7-4-8(15)6-9(5-7)21-13(18-19-20-21)10-2-1-3-11(17)12(10)16/h1-6H,17H2. The van der Waals surface area contributed by atoms with Crippen LogP contribution in [0.1, 0.15) is 0 Å². The van der Waals surface area contributed by atoms with Gasteiger partial charge in [0, 0.05) is 15.6 Å². The molecule has 106 valence electrons. The Morgan fingerprint density at radius 1 is 1.00 bits per heavy atom. The summed E-state index contributed by atoms with van der Waals surface area (Å²) in [4.78, 5) is 0. The lowest BCUT2D eigenvalue weighted by Crippen LogP contribution is -2.01. The number of nitrogens with zero attached hydrogens (tertiary/aromatic N) is 4. The monoisotopic (exact) mass is 339 g/mol. The molecule has 3 aromatic rings. The summed E-state index contributed by atoms with van der Waals surface area (Å²) in [6, 6.07) is 10.3. The van der Waals surface area contributed by atoms with Crippen molar-refractivity contribution in [3.8, 4) is 17.1 Å². The van der Waals surface area contributed by atoms with Crippen molar-refractivity contribution in [3.63, 3.8) is 0 Å². The molecule has 1 aromatic heterocycles. The molecule has 0 bridgehead atoms. The van der Waals surface area contributed by atoms with Crippen molar-refractivity contribution < 1.29 is 0 Å². The van der Waals surface area contributed by atoms with E-state index in [0.717, 1.165) is 0 Å². The maximum atomic E-state index is 6.22. The van der Waals surface area contributed by atoms with Crippen LogP contribution in [0.25, 0.3) is 17.1 Å². The van der Waals surface area contributed by atoms with E-state index in [2.05, 4.69) is 15.5 Å². The van der Waals surface area contributed by atoms with E-state index in [1.54, 1.807) is 36.4 Å². The van der Waals surface area contributed by atoms with Crippen molar-refractivity contribution in [1.82, 2.24) is 20.2 Å². The summed E-state index contributed by atoms with van der Waals surface area (Å²) in [6.07, 6.45) is 0. The van der Waals surface area contributed by atoms with E-state index >= 15 is 0 Å². The zero-order chi connectivity index (χ0) is 15.0. The average molecular weight is 341 g/mol. The largest absolute Gasteiger partial charge is 0.398 e. The van der Waals surface area contributed by atoms with Crippen LogP contribution >= 0.6 is 34.8 Å². The van der Waals surface area contributed by atoms with Gasteiger partial charge in [-0.2, -0.15) is 4.68 Å². The Bertz CT molecular complexity index is 795. The van der Waals surface area contributed by atoms with Gasteiger partial charge in [-0.15, -0.1) is 5.10 Å². The van der Waals surface area contributed by atoms with Crippen LogP contribution in [0.4, 0.5) is 5.69 Å². The Morgan fingerprint density at radius 2 is 1.71 bits per heavy atom. The van der Waals surface area contributed by atoms with Crippen molar-refractivity contribution in [2.75, 3.05) is 5.73 Å². The summed E-state index contributed by atoms with van der Waals surface area (Å²) in [5.74, 6) is 0.450. The third kappa shape index (κ3) is 2.68. The maximum Gasteiger partial charge on any atom is 0.188 e. The van der Waals surface area contributed by atoms with Crippen molar-refractivity contribution in [2.24, 2.45) is 0 Å². The van der Waals surface area contributed by atoms with Crippen LogP contribution in [0.3, 0.4) is 0 Å². The molecule has 0 aliphatic heterocycles. The van der Waals surface area contributed by atoms with Gasteiger partial charge in [0.1, 0.15) is 0 Å². The van der Waals surface area contributed by atoms with E-state index in [4.69, 9.17) is 40.5 Å². The fourth-order valence-corrected chi connectivity index (χ4v) is 2.64. The molecule has 0 saturated heterocycles. The minimum Gasteiger partial charge on any atom is -0.398 e. The highest BCUT2D eigenvalue weighted by atomic mass is 35.5. The average Bonchev–Trinajstić information content (AvgIpc) is 2.90. The lowest BCUT2D eigenvalue weighted by Gasteiger charge is -2.08. The van der Waals surface area contributed by atoms with Crippen molar-refractivity contribution in [1.29, 1.82) is 0 Å². The molecule has 0 fully saturated rings. The highest BCUT2D eigenvalue weighted by Gasteiger charge is 2.15. The molecule has 2 aromatic carbocycles. The third-order valence-electron chi connectivity index (χ3n) is 2.83. The molecule has 0 atom stereocenters. The van der Waals surface area contributed by atoms with Crippen LogP contribution in [-0.4, -0.2) is 20.2 Å². The number of hydrogen-bond acceptors (Lipinski definition) is 4. The molecule has 0 saturated carbocycles. The summed E-state index contributed by atoms with van der Waals surface area (Å²) >= 11 is 18.2. The van der Waals surface area contributed by atoms with Gasteiger partial charge in [0.25, 0.3) is 0 Å². The van der Waals surface area contributed by atoms with E-state index in [-0.39, 0.29) is 0 Å². The second-order valence-electron chi connectivity index (χ2n) is 4.25. The number of anilines is 1. The first-order chi connectivity index (χ1) is 10.1. The topological polar surface area (TPSA) is 69.6 Å². The Balaban J connectivity index is 2.19. The van der Waals surface area contributed by atoms with E-state index in [9.17, 15) is 0 Å². The SMILES string of the molecule is Nc1cccc(-c2nnnn2-c2cc(Cl)cc(Cl)c2)c1Cl. The molecule has 0 aliphatic carbocycles. The maximum absolute atomic E-state index is 6.22. The molecule has 0 aliphatic rings. The van der Waals surface area contributed by atoms with Crippen molar-refractivity contribution in [3.05, 3.63) is 51.5 Å². The Labute approximate surface area is 135 Å². The van der Waals surface area contributed by atoms with Gasteiger partial charge >= 0.3 is 0 Å². The molecule has 0 radical (unpaired) electrons. The summed E-state index contributed by atoms with van der Waals surface area (Å²) in [5.41, 5.74) is 7.52. The first-order valence-corrected chi connectivity index (χ1v) is 6.99. The Kier molecular flexibility index (Phi) is 3.71. The van der Waals surface area contributed by atoms with Gasteiger partial charge in [0.05, 0.1) is 16.4 Å². The van der Waals surface area contributed by atoms with Crippen molar-refractivity contribution in [2.45, 2.75) is 0 Å². The molecule has 5 nitrogen and oxygen atoms in total. The number of nitrogen functional groups attached to an aromatic ring is 1. The van der Waals surface area contributed by atoms with Crippen molar-refractivity contribution >= 4 is 40.5 Å². The fraction of sp³-hybridized carbons (Fsp3) is 0. The van der Waals surface area contributed by atoms with Gasteiger partial charge in [-0.25, -0.2) is 0 Å². The van der Waals surface area contributed by atoms with Crippen LogP contribution < -0.4 is 5.73 Å². The number of nitrogens with two attached hydrogens (primary N) is 1. The van der Waals surface area contributed by atoms with Gasteiger partial charge in [-0.05, 0) is 40.8 Å². The smallest absolute Gasteiger partial charge is 0.188 e. The highest BCUT2D eigenvalue weighted by molar-refractivity contribution is 6.36. The molecule has 0 unspecified atom stereocenters.